The zero-order valence-electron chi connectivity index (χ0n) is 18.0. The number of hydrogen-bond donors (Lipinski definition) is 1. The average molecular weight is 395 g/mol. The number of carboxylic acids is 1. The summed E-state index contributed by atoms with van der Waals surface area (Å²) < 4.78 is 5.00. The average Bonchev–Trinajstić information content (AvgIpc) is 2.67. The largest absolute Gasteiger partial charge is 0.481 e. The Kier molecular flexibility index (Phi) is 19.0. The monoisotopic (exact) mass is 394 g/mol. The number of allylic oxidation sites excluding steroid dienone is 2. The highest BCUT2D eigenvalue weighted by atomic mass is 16.5. The molecule has 0 saturated heterocycles. The Labute approximate surface area is 172 Å². The molecule has 0 aliphatic rings. The standard InChI is InChI=1S/C24H42O4/c1-3-5-6-7-8-9-10-11-12-13-14-15-16-17-18-19-22(21-23(25)26)24(27)28-20-4-2/h4,7-8,22H,2-3,5-6,9-21H2,1H3,(H,25,26)/b8-7+. The van der Waals surface area contributed by atoms with Crippen LogP contribution in [0.5, 0.6) is 0 Å². The maximum Gasteiger partial charge on any atom is 0.309 e. The summed E-state index contributed by atoms with van der Waals surface area (Å²) >= 11 is 0. The molecular formula is C24H42O4. The molecule has 0 aromatic heterocycles. The van der Waals surface area contributed by atoms with Gasteiger partial charge in [-0.15, -0.1) is 0 Å². The number of rotatable bonds is 20. The Morgan fingerprint density at radius 1 is 0.893 bits per heavy atom. The van der Waals surface area contributed by atoms with Gasteiger partial charge in [0.15, 0.2) is 0 Å². The number of carbonyl (C=O) groups excluding carboxylic acids is 1. The second-order valence-corrected chi connectivity index (χ2v) is 7.59. The van der Waals surface area contributed by atoms with E-state index in [0.717, 1.165) is 19.3 Å². The summed E-state index contributed by atoms with van der Waals surface area (Å²) in [6.07, 6.45) is 22.4. The second-order valence-electron chi connectivity index (χ2n) is 7.59. The highest BCUT2D eigenvalue weighted by Crippen LogP contribution is 2.18. The molecule has 0 fully saturated rings. The molecule has 28 heavy (non-hydrogen) atoms. The highest BCUT2D eigenvalue weighted by molar-refractivity contribution is 5.79. The maximum absolute atomic E-state index is 11.9. The van der Waals surface area contributed by atoms with Gasteiger partial charge in [-0.3, -0.25) is 9.59 Å². The fourth-order valence-corrected chi connectivity index (χ4v) is 3.22. The Hall–Kier alpha value is -1.58. The second kappa shape index (κ2) is 20.2. The van der Waals surface area contributed by atoms with Crippen LogP contribution in [-0.4, -0.2) is 23.7 Å². The zero-order valence-corrected chi connectivity index (χ0v) is 18.0. The van der Waals surface area contributed by atoms with Gasteiger partial charge in [0.1, 0.15) is 6.61 Å². The first-order chi connectivity index (χ1) is 13.6. The predicted octanol–water partition coefficient (Wildman–Crippen LogP) is 6.84. The molecule has 0 rings (SSSR count). The Morgan fingerprint density at radius 3 is 1.96 bits per heavy atom. The lowest BCUT2D eigenvalue weighted by molar-refractivity contribution is -0.152. The molecule has 0 aliphatic heterocycles. The van der Waals surface area contributed by atoms with Crippen molar-refractivity contribution in [2.24, 2.45) is 5.92 Å². The molecule has 0 aliphatic carbocycles. The first-order valence-corrected chi connectivity index (χ1v) is 11.3. The minimum atomic E-state index is -0.947. The summed E-state index contributed by atoms with van der Waals surface area (Å²) in [5.41, 5.74) is 0. The topological polar surface area (TPSA) is 63.6 Å². The highest BCUT2D eigenvalue weighted by Gasteiger charge is 2.22. The van der Waals surface area contributed by atoms with E-state index in [2.05, 4.69) is 25.7 Å². The lowest BCUT2D eigenvalue weighted by Crippen LogP contribution is -2.21. The number of esters is 1. The molecule has 1 atom stereocenters. The van der Waals surface area contributed by atoms with E-state index < -0.39 is 17.9 Å². The maximum atomic E-state index is 11.9. The van der Waals surface area contributed by atoms with Gasteiger partial charge in [-0.2, -0.15) is 0 Å². The van der Waals surface area contributed by atoms with Crippen LogP contribution >= 0.6 is 0 Å². The van der Waals surface area contributed by atoms with E-state index >= 15 is 0 Å². The predicted molar refractivity (Wildman–Crippen MR) is 116 cm³/mol. The van der Waals surface area contributed by atoms with Crippen molar-refractivity contribution in [1.82, 2.24) is 0 Å². The SMILES string of the molecule is C=CCOC(=O)C(CCCCCCCCCCC/C=C/CCCC)CC(=O)O. The molecule has 0 aromatic carbocycles. The van der Waals surface area contributed by atoms with E-state index in [1.165, 1.54) is 70.3 Å². The molecule has 1 unspecified atom stereocenters. The van der Waals surface area contributed by atoms with Crippen LogP contribution in [0.2, 0.25) is 0 Å². The summed E-state index contributed by atoms with van der Waals surface area (Å²) in [6, 6.07) is 0. The number of aliphatic carboxylic acids is 1. The summed E-state index contributed by atoms with van der Waals surface area (Å²) in [5.74, 6) is -1.90. The molecule has 162 valence electrons. The van der Waals surface area contributed by atoms with Crippen LogP contribution in [0.15, 0.2) is 24.8 Å². The van der Waals surface area contributed by atoms with Crippen molar-refractivity contribution >= 4 is 11.9 Å². The van der Waals surface area contributed by atoms with Gasteiger partial charge in [0.05, 0.1) is 12.3 Å². The van der Waals surface area contributed by atoms with Gasteiger partial charge < -0.3 is 9.84 Å². The number of hydrogen-bond acceptors (Lipinski definition) is 3. The van der Waals surface area contributed by atoms with E-state index in [-0.39, 0.29) is 13.0 Å². The smallest absolute Gasteiger partial charge is 0.309 e. The quantitative estimate of drug-likeness (QED) is 0.139. The fourth-order valence-electron chi connectivity index (χ4n) is 3.22. The van der Waals surface area contributed by atoms with E-state index in [1.807, 2.05) is 0 Å². The first-order valence-electron chi connectivity index (χ1n) is 11.3. The van der Waals surface area contributed by atoms with Gasteiger partial charge in [0, 0.05) is 0 Å². The fraction of sp³-hybridized carbons (Fsp3) is 0.750. The van der Waals surface area contributed by atoms with Gasteiger partial charge in [-0.1, -0.05) is 95.9 Å². The van der Waals surface area contributed by atoms with Crippen molar-refractivity contribution in [3.8, 4) is 0 Å². The van der Waals surface area contributed by atoms with Crippen LogP contribution in [0.3, 0.4) is 0 Å². The lowest BCUT2D eigenvalue weighted by Gasteiger charge is -2.13. The summed E-state index contributed by atoms with van der Waals surface area (Å²) in [7, 11) is 0. The van der Waals surface area contributed by atoms with Crippen molar-refractivity contribution in [3.63, 3.8) is 0 Å². The van der Waals surface area contributed by atoms with Crippen molar-refractivity contribution in [3.05, 3.63) is 24.8 Å². The minimum Gasteiger partial charge on any atom is -0.481 e. The van der Waals surface area contributed by atoms with E-state index in [1.54, 1.807) is 0 Å². The minimum absolute atomic E-state index is 0.143. The summed E-state index contributed by atoms with van der Waals surface area (Å²) in [5, 5.41) is 8.95. The number of carboxylic acid groups (broad SMARTS) is 1. The number of carbonyl (C=O) groups is 2. The molecule has 0 bridgehead atoms. The molecule has 1 N–H and O–H groups in total. The third-order valence-electron chi connectivity index (χ3n) is 4.91. The van der Waals surface area contributed by atoms with E-state index in [9.17, 15) is 9.59 Å². The van der Waals surface area contributed by atoms with Gasteiger partial charge in [0.2, 0.25) is 0 Å². The Bertz CT molecular complexity index is 428. The van der Waals surface area contributed by atoms with E-state index in [0.29, 0.717) is 6.42 Å². The molecule has 0 aromatic rings. The third kappa shape index (κ3) is 17.8. The lowest BCUT2D eigenvalue weighted by atomic mass is 9.97. The van der Waals surface area contributed by atoms with Crippen LogP contribution in [0.4, 0.5) is 0 Å². The molecular weight excluding hydrogens is 352 g/mol. The van der Waals surface area contributed by atoms with Gasteiger partial charge >= 0.3 is 11.9 Å². The van der Waals surface area contributed by atoms with Crippen LogP contribution in [0.25, 0.3) is 0 Å². The van der Waals surface area contributed by atoms with Gasteiger partial charge in [0.25, 0.3) is 0 Å². The van der Waals surface area contributed by atoms with Crippen molar-refractivity contribution in [2.75, 3.05) is 6.61 Å². The molecule has 0 saturated carbocycles. The van der Waals surface area contributed by atoms with Crippen molar-refractivity contribution < 1.29 is 19.4 Å². The van der Waals surface area contributed by atoms with Gasteiger partial charge in [-0.25, -0.2) is 0 Å². The van der Waals surface area contributed by atoms with Crippen LogP contribution in [0, 0.1) is 5.92 Å². The van der Waals surface area contributed by atoms with Crippen LogP contribution < -0.4 is 0 Å². The number of unbranched alkanes of at least 4 members (excludes halogenated alkanes) is 11. The molecule has 4 heteroatoms. The van der Waals surface area contributed by atoms with Crippen LogP contribution in [0.1, 0.15) is 103 Å². The molecule has 0 spiro atoms. The summed E-state index contributed by atoms with van der Waals surface area (Å²) in [6.45, 7) is 5.87. The molecule has 0 amide bonds. The molecule has 0 heterocycles. The van der Waals surface area contributed by atoms with Gasteiger partial charge in [-0.05, 0) is 25.7 Å². The molecule has 0 radical (unpaired) electrons. The molecule has 4 nitrogen and oxygen atoms in total. The third-order valence-corrected chi connectivity index (χ3v) is 4.91. The summed E-state index contributed by atoms with van der Waals surface area (Å²) in [4.78, 5) is 22.8. The number of ether oxygens (including phenoxy) is 1. The zero-order chi connectivity index (χ0) is 20.9. The Morgan fingerprint density at radius 2 is 1.43 bits per heavy atom. The van der Waals surface area contributed by atoms with Crippen molar-refractivity contribution in [2.45, 2.75) is 103 Å². The van der Waals surface area contributed by atoms with E-state index in [4.69, 9.17) is 9.84 Å². The Balaban J connectivity index is 3.57. The first kappa shape index (κ1) is 26.4. The normalized spacial score (nSPS) is 12.2. The van der Waals surface area contributed by atoms with Crippen LogP contribution in [-0.2, 0) is 14.3 Å². The van der Waals surface area contributed by atoms with Crippen molar-refractivity contribution in [1.29, 1.82) is 0 Å².